The van der Waals surface area contributed by atoms with Crippen molar-refractivity contribution in [2.75, 3.05) is 7.11 Å². The Bertz CT molecular complexity index is 1030. The molecule has 0 saturated carbocycles. The van der Waals surface area contributed by atoms with Crippen LogP contribution < -0.4 is 0 Å². The largest absolute Gasteiger partial charge is 0.465 e. The van der Waals surface area contributed by atoms with E-state index >= 15 is 0 Å². The van der Waals surface area contributed by atoms with Gasteiger partial charge in [0.2, 0.25) is 0 Å². The molecule has 1 aliphatic rings. The summed E-state index contributed by atoms with van der Waals surface area (Å²) in [6, 6.07) is 7.49. The lowest BCUT2D eigenvalue weighted by Crippen LogP contribution is -2.41. The van der Waals surface area contributed by atoms with Gasteiger partial charge in [0.1, 0.15) is 0 Å². The van der Waals surface area contributed by atoms with Crippen molar-refractivity contribution in [2.45, 2.75) is 18.7 Å². The lowest BCUT2D eigenvalue weighted by atomic mass is 9.90. The first kappa shape index (κ1) is 21.2. The third-order valence-corrected chi connectivity index (χ3v) is 4.91. The number of esters is 2. The van der Waals surface area contributed by atoms with Crippen molar-refractivity contribution < 1.29 is 32.2 Å². The lowest BCUT2D eigenvalue weighted by Gasteiger charge is -2.29. The first-order chi connectivity index (χ1) is 13.5. The average molecular weight is 445 g/mol. The molecule has 1 aliphatic heterocycles. The Morgan fingerprint density at radius 3 is 2.24 bits per heavy atom. The fourth-order valence-electron chi connectivity index (χ4n) is 3.08. The molecule has 29 heavy (non-hydrogen) atoms. The predicted molar refractivity (Wildman–Crippen MR) is 101 cm³/mol. The van der Waals surface area contributed by atoms with Crippen LogP contribution in [0.15, 0.2) is 42.5 Å². The van der Waals surface area contributed by atoms with E-state index in [-0.39, 0.29) is 26.7 Å². The van der Waals surface area contributed by atoms with Crippen LogP contribution >= 0.6 is 23.2 Å². The number of carbonyl (C=O) groups excluding carboxylic acids is 2. The van der Waals surface area contributed by atoms with E-state index < -0.39 is 29.3 Å². The van der Waals surface area contributed by atoms with E-state index in [1.165, 1.54) is 31.4 Å². The summed E-state index contributed by atoms with van der Waals surface area (Å²) in [4.78, 5) is 24.1. The lowest BCUT2D eigenvalue weighted by molar-refractivity contribution is -0.250. The molecule has 0 amide bonds. The maximum absolute atomic E-state index is 14.1. The van der Waals surface area contributed by atoms with Crippen LogP contribution in [0.3, 0.4) is 0 Å². The highest BCUT2D eigenvalue weighted by Crippen LogP contribution is 2.50. The van der Waals surface area contributed by atoms with E-state index in [9.17, 15) is 22.8 Å². The molecule has 3 rings (SSSR count). The predicted octanol–water partition coefficient (Wildman–Crippen LogP) is 5.49. The number of rotatable bonds is 3. The van der Waals surface area contributed by atoms with Crippen LogP contribution in [-0.4, -0.2) is 25.2 Å². The average Bonchev–Trinajstić information content (AvgIpc) is 2.99. The Hall–Kier alpha value is -2.51. The number of carbonyl (C=O) groups is 2. The SMILES string of the molecule is COC(=O)c1ccc(C2=CC(c3cc(Cl)cc(Cl)c3)(C(F)(F)F)OC2=O)cc1C. The Balaban J connectivity index is 2.17. The maximum atomic E-state index is 14.1. The smallest absolute Gasteiger partial charge is 0.436 e. The molecule has 0 bridgehead atoms. The van der Waals surface area contributed by atoms with Crippen molar-refractivity contribution >= 4 is 40.7 Å². The Morgan fingerprint density at radius 1 is 1.10 bits per heavy atom. The normalized spacial score (nSPS) is 19.0. The molecule has 152 valence electrons. The summed E-state index contributed by atoms with van der Waals surface area (Å²) in [7, 11) is 1.21. The van der Waals surface area contributed by atoms with Gasteiger partial charge in [-0.1, -0.05) is 35.3 Å². The number of ether oxygens (including phenoxy) is 2. The van der Waals surface area contributed by atoms with Crippen LogP contribution in [0.4, 0.5) is 13.2 Å². The van der Waals surface area contributed by atoms with Crippen molar-refractivity contribution in [1.29, 1.82) is 0 Å². The zero-order valence-electron chi connectivity index (χ0n) is 15.1. The van der Waals surface area contributed by atoms with Crippen LogP contribution in [0.2, 0.25) is 10.0 Å². The summed E-state index contributed by atoms with van der Waals surface area (Å²) in [5.74, 6) is -1.76. The monoisotopic (exact) mass is 444 g/mol. The highest BCUT2D eigenvalue weighted by Gasteiger charge is 2.61. The van der Waals surface area contributed by atoms with Gasteiger partial charge in [0.25, 0.3) is 5.60 Å². The van der Waals surface area contributed by atoms with Crippen molar-refractivity contribution in [2.24, 2.45) is 0 Å². The second kappa shape index (κ2) is 7.39. The molecule has 1 heterocycles. The van der Waals surface area contributed by atoms with Gasteiger partial charge in [-0.05, 0) is 48.4 Å². The van der Waals surface area contributed by atoms with Crippen LogP contribution in [0.25, 0.3) is 5.57 Å². The zero-order valence-corrected chi connectivity index (χ0v) is 16.6. The van der Waals surface area contributed by atoms with Gasteiger partial charge in [-0.15, -0.1) is 0 Å². The highest BCUT2D eigenvalue weighted by molar-refractivity contribution is 6.34. The number of hydrogen-bond donors (Lipinski definition) is 0. The molecule has 0 N–H and O–H groups in total. The molecule has 2 aromatic carbocycles. The summed E-state index contributed by atoms with van der Waals surface area (Å²) in [6.07, 6.45) is -4.27. The van der Waals surface area contributed by atoms with Crippen molar-refractivity contribution in [3.63, 3.8) is 0 Å². The second-order valence-electron chi connectivity index (χ2n) is 6.36. The minimum Gasteiger partial charge on any atom is -0.465 e. The van der Waals surface area contributed by atoms with Gasteiger partial charge in [0.05, 0.1) is 18.2 Å². The summed E-state index contributed by atoms with van der Waals surface area (Å²) >= 11 is 11.7. The number of aryl methyl sites for hydroxylation is 1. The van der Waals surface area contributed by atoms with Gasteiger partial charge >= 0.3 is 18.1 Å². The van der Waals surface area contributed by atoms with E-state index in [0.29, 0.717) is 11.6 Å². The number of cyclic esters (lactones) is 1. The van der Waals surface area contributed by atoms with Crippen LogP contribution in [0, 0.1) is 6.92 Å². The molecule has 1 atom stereocenters. The number of halogens is 5. The van der Waals surface area contributed by atoms with Gasteiger partial charge in [-0.3, -0.25) is 0 Å². The summed E-state index contributed by atoms with van der Waals surface area (Å²) < 4.78 is 51.7. The number of hydrogen-bond acceptors (Lipinski definition) is 4. The van der Waals surface area contributed by atoms with E-state index in [0.717, 1.165) is 12.1 Å². The summed E-state index contributed by atoms with van der Waals surface area (Å²) in [5, 5.41) is -0.0698. The van der Waals surface area contributed by atoms with Crippen molar-refractivity contribution in [3.05, 3.63) is 74.8 Å². The third-order valence-electron chi connectivity index (χ3n) is 4.48. The van der Waals surface area contributed by atoms with Crippen LogP contribution in [0.5, 0.6) is 0 Å². The molecular weight excluding hydrogens is 432 g/mol. The molecule has 0 fully saturated rings. The summed E-state index contributed by atoms with van der Waals surface area (Å²) in [5.41, 5.74) is -2.93. The fourth-order valence-corrected chi connectivity index (χ4v) is 3.60. The Kier molecular flexibility index (Phi) is 5.40. The molecule has 1 unspecified atom stereocenters. The minimum atomic E-state index is -4.97. The topological polar surface area (TPSA) is 52.6 Å². The van der Waals surface area contributed by atoms with E-state index in [4.69, 9.17) is 27.9 Å². The van der Waals surface area contributed by atoms with Gasteiger partial charge in [0.15, 0.2) is 0 Å². The van der Waals surface area contributed by atoms with Crippen LogP contribution in [-0.2, 0) is 19.9 Å². The van der Waals surface area contributed by atoms with Gasteiger partial charge in [-0.2, -0.15) is 13.2 Å². The first-order valence-corrected chi connectivity index (χ1v) is 8.93. The molecule has 4 nitrogen and oxygen atoms in total. The molecular formula is C20H13Cl2F3O4. The molecule has 0 spiro atoms. The van der Waals surface area contributed by atoms with Gasteiger partial charge in [0, 0.05) is 15.6 Å². The Labute approximate surface area is 173 Å². The standard InChI is InChI=1S/C20H13Cl2F3O4/c1-10-5-11(3-4-15(10)17(26)28-2)16-9-19(20(23,24)25,29-18(16)27)12-6-13(21)8-14(22)7-12/h3-9H,1-2H3. The quantitative estimate of drug-likeness (QED) is 0.587. The van der Waals surface area contributed by atoms with E-state index in [1.807, 2.05) is 0 Å². The number of benzene rings is 2. The minimum absolute atomic E-state index is 0.0349. The molecule has 2 aromatic rings. The second-order valence-corrected chi connectivity index (χ2v) is 7.23. The maximum Gasteiger partial charge on any atom is 0.436 e. The molecule has 0 saturated heterocycles. The molecule has 9 heteroatoms. The van der Waals surface area contributed by atoms with Gasteiger partial charge in [-0.25, -0.2) is 9.59 Å². The first-order valence-electron chi connectivity index (χ1n) is 8.17. The van der Waals surface area contributed by atoms with Crippen LogP contribution in [0.1, 0.15) is 27.0 Å². The number of alkyl halides is 3. The fraction of sp³-hybridized carbons (Fsp3) is 0.200. The zero-order chi connectivity index (χ0) is 21.6. The van der Waals surface area contributed by atoms with Gasteiger partial charge < -0.3 is 9.47 Å². The van der Waals surface area contributed by atoms with Crippen molar-refractivity contribution in [1.82, 2.24) is 0 Å². The Morgan fingerprint density at radius 2 is 1.72 bits per heavy atom. The van der Waals surface area contributed by atoms with E-state index in [1.54, 1.807) is 6.92 Å². The van der Waals surface area contributed by atoms with E-state index in [2.05, 4.69) is 4.74 Å². The highest BCUT2D eigenvalue weighted by atomic mass is 35.5. The molecule has 0 aromatic heterocycles. The molecule has 0 radical (unpaired) electrons. The number of methoxy groups -OCH3 is 1. The third kappa shape index (κ3) is 3.72. The molecule has 0 aliphatic carbocycles. The van der Waals surface area contributed by atoms with Crippen molar-refractivity contribution in [3.8, 4) is 0 Å². The summed E-state index contributed by atoms with van der Waals surface area (Å²) in [6.45, 7) is 1.57.